The van der Waals surface area contributed by atoms with Crippen LogP contribution in [0.1, 0.15) is 41.3 Å². The SMILES string of the molecule is COc1cc(C)c(NC(=O)c2ccccc2)cc1C(C)C. The first-order chi connectivity index (χ1) is 10.0. The second kappa shape index (κ2) is 6.44. The molecule has 2 aromatic carbocycles. The van der Waals surface area contributed by atoms with Gasteiger partial charge in [-0.1, -0.05) is 32.0 Å². The molecule has 110 valence electrons. The number of carbonyl (C=O) groups is 1. The van der Waals surface area contributed by atoms with E-state index < -0.39 is 0 Å². The van der Waals surface area contributed by atoms with E-state index in [4.69, 9.17) is 4.74 Å². The highest BCUT2D eigenvalue weighted by molar-refractivity contribution is 6.04. The Kier molecular flexibility index (Phi) is 4.63. The number of hydrogen-bond acceptors (Lipinski definition) is 2. The van der Waals surface area contributed by atoms with Gasteiger partial charge in [0.1, 0.15) is 5.75 Å². The van der Waals surface area contributed by atoms with Crippen LogP contribution in [0.2, 0.25) is 0 Å². The van der Waals surface area contributed by atoms with Gasteiger partial charge in [0.15, 0.2) is 0 Å². The van der Waals surface area contributed by atoms with Gasteiger partial charge < -0.3 is 10.1 Å². The van der Waals surface area contributed by atoms with Crippen LogP contribution in [0.15, 0.2) is 42.5 Å². The Morgan fingerprint density at radius 3 is 2.38 bits per heavy atom. The van der Waals surface area contributed by atoms with Crippen molar-refractivity contribution in [3.63, 3.8) is 0 Å². The summed E-state index contributed by atoms with van der Waals surface area (Å²) in [6.45, 7) is 6.18. The summed E-state index contributed by atoms with van der Waals surface area (Å²) < 4.78 is 5.42. The molecule has 3 nitrogen and oxygen atoms in total. The van der Waals surface area contributed by atoms with Crippen molar-refractivity contribution in [2.24, 2.45) is 0 Å². The standard InChI is InChI=1S/C18H21NO2/c1-12(2)15-11-16(13(3)10-17(15)21-4)19-18(20)14-8-6-5-7-9-14/h5-12H,1-4H3,(H,19,20). The van der Waals surface area contributed by atoms with Crippen molar-refractivity contribution in [2.75, 3.05) is 12.4 Å². The summed E-state index contributed by atoms with van der Waals surface area (Å²) in [4.78, 5) is 12.3. The Balaban J connectivity index is 2.32. The molecule has 2 rings (SSSR count). The Morgan fingerprint density at radius 2 is 1.81 bits per heavy atom. The van der Waals surface area contributed by atoms with E-state index in [0.29, 0.717) is 11.5 Å². The fourth-order valence-electron chi connectivity index (χ4n) is 2.24. The molecule has 0 saturated heterocycles. The number of ether oxygens (including phenoxy) is 1. The normalized spacial score (nSPS) is 10.5. The smallest absolute Gasteiger partial charge is 0.255 e. The number of benzene rings is 2. The maximum Gasteiger partial charge on any atom is 0.255 e. The summed E-state index contributed by atoms with van der Waals surface area (Å²) in [5.74, 6) is 1.09. The van der Waals surface area contributed by atoms with Crippen molar-refractivity contribution in [1.82, 2.24) is 0 Å². The van der Waals surface area contributed by atoms with Gasteiger partial charge in [0.05, 0.1) is 7.11 Å². The molecule has 21 heavy (non-hydrogen) atoms. The zero-order valence-electron chi connectivity index (χ0n) is 12.9. The number of methoxy groups -OCH3 is 1. The molecule has 0 atom stereocenters. The monoisotopic (exact) mass is 283 g/mol. The number of carbonyl (C=O) groups excluding carboxylic acids is 1. The van der Waals surface area contributed by atoms with Crippen molar-refractivity contribution in [2.45, 2.75) is 26.7 Å². The van der Waals surface area contributed by atoms with Gasteiger partial charge in [0.25, 0.3) is 5.91 Å². The van der Waals surface area contributed by atoms with Crippen LogP contribution in [-0.4, -0.2) is 13.0 Å². The first-order valence-corrected chi connectivity index (χ1v) is 7.08. The molecule has 0 fully saturated rings. The number of amides is 1. The molecule has 2 aromatic rings. The van der Waals surface area contributed by atoms with Crippen LogP contribution in [0.5, 0.6) is 5.75 Å². The first kappa shape index (κ1) is 15.1. The Hall–Kier alpha value is -2.29. The molecule has 0 saturated carbocycles. The van der Waals surface area contributed by atoms with Crippen molar-refractivity contribution < 1.29 is 9.53 Å². The zero-order valence-corrected chi connectivity index (χ0v) is 12.9. The topological polar surface area (TPSA) is 38.3 Å². The Bertz CT molecular complexity index is 633. The molecule has 0 radical (unpaired) electrons. The first-order valence-electron chi connectivity index (χ1n) is 7.08. The number of nitrogens with one attached hydrogen (secondary N) is 1. The second-order valence-corrected chi connectivity index (χ2v) is 5.38. The Labute approximate surface area is 126 Å². The highest BCUT2D eigenvalue weighted by atomic mass is 16.5. The third-order valence-corrected chi connectivity index (χ3v) is 3.48. The maximum atomic E-state index is 12.3. The molecule has 0 aromatic heterocycles. The lowest BCUT2D eigenvalue weighted by atomic mass is 9.99. The average Bonchev–Trinajstić information content (AvgIpc) is 2.49. The van der Waals surface area contributed by atoms with E-state index in [-0.39, 0.29) is 5.91 Å². The lowest BCUT2D eigenvalue weighted by molar-refractivity contribution is 0.102. The number of rotatable bonds is 4. The summed E-state index contributed by atoms with van der Waals surface area (Å²) in [6.07, 6.45) is 0. The molecule has 0 bridgehead atoms. The van der Waals surface area contributed by atoms with Crippen LogP contribution in [-0.2, 0) is 0 Å². The lowest BCUT2D eigenvalue weighted by Crippen LogP contribution is -2.13. The predicted octanol–water partition coefficient (Wildman–Crippen LogP) is 4.38. The fourth-order valence-corrected chi connectivity index (χ4v) is 2.24. The molecule has 0 aliphatic carbocycles. The highest BCUT2D eigenvalue weighted by Crippen LogP contribution is 2.32. The van der Waals surface area contributed by atoms with E-state index in [1.54, 1.807) is 19.2 Å². The van der Waals surface area contributed by atoms with Gasteiger partial charge in [-0.15, -0.1) is 0 Å². The van der Waals surface area contributed by atoms with Crippen LogP contribution in [0.3, 0.4) is 0 Å². The molecular formula is C18H21NO2. The average molecular weight is 283 g/mol. The van der Waals surface area contributed by atoms with Gasteiger partial charge >= 0.3 is 0 Å². The largest absolute Gasteiger partial charge is 0.496 e. The molecule has 0 spiro atoms. The zero-order chi connectivity index (χ0) is 15.4. The summed E-state index contributed by atoms with van der Waals surface area (Å²) in [5.41, 5.74) is 3.55. The van der Waals surface area contributed by atoms with Crippen LogP contribution >= 0.6 is 0 Å². The molecule has 0 aliphatic heterocycles. The van der Waals surface area contributed by atoms with Gasteiger partial charge in [-0.2, -0.15) is 0 Å². The second-order valence-electron chi connectivity index (χ2n) is 5.38. The van der Waals surface area contributed by atoms with Crippen molar-refractivity contribution in [1.29, 1.82) is 0 Å². The van der Waals surface area contributed by atoms with E-state index >= 15 is 0 Å². The number of aryl methyl sites for hydroxylation is 1. The van der Waals surface area contributed by atoms with Crippen LogP contribution in [0, 0.1) is 6.92 Å². The molecule has 0 heterocycles. The quantitative estimate of drug-likeness (QED) is 0.904. The van der Waals surface area contributed by atoms with E-state index in [2.05, 4.69) is 19.2 Å². The highest BCUT2D eigenvalue weighted by Gasteiger charge is 2.13. The van der Waals surface area contributed by atoms with E-state index in [9.17, 15) is 4.79 Å². The van der Waals surface area contributed by atoms with Gasteiger partial charge in [-0.25, -0.2) is 0 Å². The van der Waals surface area contributed by atoms with Gasteiger partial charge in [0.2, 0.25) is 0 Å². The fraction of sp³-hybridized carbons (Fsp3) is 0.278. The lowest BCUT2D eigenvalue weighted by Gasteiger charge is -2.16. The molecule has 0 unspecified atom stereocenters. The van der Waals surface area contributed by atoms with Crippen LogP contribution < -0.4 is 10.1 Å². The molecule has 0 aliphatic rings. The van der Waals surface area contributed by atoms with Crippen LogP contribution in [0.4, 0.5) is 5.69 Å². The van der Waals surface area contributed by atoms with E-state index in [1.807, 2.05) is 37.3 Å². The third kappa shape index (κ3) is 3.43. The summed E-state index contributed by atoms with van der Waals surface area (Å²) >= 11 is 0. The molecule has 1 amide bonds. The van der Waals surface area contributed by atoms with E-state index in [1.165, 1.54) is 0 Å². The molecule has 3 heteroatoms. The molecular weight excluding hydrogens is 262 g/mol. The van der Waals surface area contributed by atoms with Gasteiger partial charge in [-0.3, -0.25) is 4.79 Å². The summed E-state index contributed by atoms with van der Waals surface area (Å²) in [6, 6.07) is 13.2. The van der Waals surface area contributed by atoms with Crippen molar-refractivity contribution >= 4 is 11.6 Å². The van der Waals surface area contributed by atoms with Gasteiger partial charge in [-0.05, 0) is 48.2 Å². The minimum atomic E-state index is -0.0985. The Morgan fingerprint density at radius 1 is 1.14 bits per heavy atom. The minimum absolute atomic E-state index is 0.0985. The van der Waals surface area contributed by atoms with Crippen molar-refractivity contribution in [3.05, 3.63) is 59.2 Å². The third-order valence-electron chi connectivity index (χ3n) is 3.48. The maximum absolute atomic E-state index is 12.3. The van der Waals surface area contributed by atoms with Crippen LogP contribution in [0.25, 0.3) is 0 Å². The number of hydrogen-bond donors (Lipinski definition) is 1. The van der Waals surface area contributed by atoms with Gasteiger partial charge in [0, 0.05) is 11.3 Å². The minimum Gasteiger partial charge on any atom is -0.496 e. The van der Waals surface area contributed by atoms with Crippen molar-refractivity contribution in [3.8, 4) is 5.75 Å². The van der Waals surface area contributed by atoms with E-state index in [0.717, 1.165) is 22.6 Å². The summed E-state index contributed by atoms with van der Waals surface area (Å²) in [5, 5.41) is 2.98. The predicted molar refractivity (Wildman–Crippen MR) is 86.2 cm³/mol. The number of anilines is 1. The molecule has 1 N–H and O–H groups in total. The summed E-state index contributed by atoms with van der Waals surface area (Å²) in [7, 11) is 1.67.